The van der Waals surface area contributed by atoms with Crippen molar-refractivity contribution in [1.82, 2.24) is 14.5 Å². The zero-order valence-electron chi connectivity index (χ0n) is 38.9. The maximum atomic E-state index is 11.3. The van der Waals surface area contributed by atoms with Crippen LogP contribution in [0.4, 0.5) is 0 Å². The SMILES string of the molecule is [2H]c1c([2H])c(C([2H])([2H])[2H])c([2H])c([2H])c1-c1ccnc(-c2cc(-c3cccc4c3nc(-c3ccccc3O)n4-c3cc(-c4ccccc4)cc(C([2H])([2H])[2H])c3)cc(C(C)(C)C)c2)c1. The molecule has 0 radical (unpaired) electrons. The van der Waals surface area contributed by atoms with E-state index >= 15 is 0 Å². The van der Waals surface area contributed by atoms with E-state index in [0.717, 1.165) is 22.3 Å². The van der Waals surface area contributed by atoms with E-state index in [2.05, 4.69) is 31.8 Å². The monoisotopic (exact) mass is 685 g/mol. The summed E-state index contributed by atoms with van der Waals surface area (Å²) >= 11 is 0. The van der Waals surface area contributed by atoms with Gasteiger partial charge < -0.3 is 5.11 Å². The molecule has 0 bridgehead atoms. The third-order valence-corrected chi connectivity index (χ3v) is 9.19. The minimum absolute atomic E-state index is 0.00127. The minimum Gasteiger partial charge on any atom is -0.507 e. The molecule has 4 nitrogen and oxygen atoms in total. The molecule has 0 saturated heterocycles. The van der Waals surface area contributed by atoms with Gasteiger partial charge >= 0.3 is 0 Å². The Kier molecular flexibility index (Phi) is 5.87. The van der Waals surface area contributed by atoms with E-state index < -0.39 is 43.4 Å². The second-order valence-electron chi connectivity index (χ2n) is 13.8. The zero-order chi connectivity index (χ0) is 44.5. The lowest BCUT2D eigenvalue weighted by Crippen LogP contribution is -2.11. The maximum Gasteiger partial charge on any atom is 0.149 e. The number of aromatic nitrogens is 3. The molecule has 0 spiro atoms. The summed E-state index contributed by atoms with van der Waals surface area (Å²) in [5.41, 5.74) is 6.91. The number of hydrogen-bond acceptors (Lipinski definition) is 3. The Bertz CT molecular complexity index is 3010. The Labute approximate surface area is 319 Å². The molecule has 0 amide bonds. The largest absolute Gasteiger partial charge is 0.507 e. The number of pyridine rings is 1. The predicted octanol–water partition coefficient (Wildman–Crippen LogP) is 12.4. The quantitative estimate of drug-likeness (QED) is 0.190. The fourth-order valence-corrected chi connectivity index (χ4v) is 6.54. The zero-order valence-corrected chi connectivity index (χ0v) is 28.9. The summed E-state index contributed by atoms with van der Waals surface area (Å²) < 4.78 is 85.1. The predicted molar refractivity (Wildman–Crippen MR) is 216 cm³/mol. The van der Waals surface area contributed by atoms with Crippen molar-refractivity contribution in [3.05, 3.63) is 168 Å². The number of fused-ring (bicyclic) bond motifs is 1. The molecule has 4 heteroatoms. The number of phenols is 1. The van der Waals surface area contributed by atoms with E-state index in [9.17, 15) is 5.11 Å². The molecule has 2 aromatic heterocycles. The van der Waals surface area contributed by atoms with Crippen LogP contribution < -0.4 is 0 Å². The van der Waals surface area contributed by atoms with Gasteiger partial charge in [0.05, 0.1) is 27.8 Å². The highest BCUT2D eigenvalue weighted by Crippen LogP contribution is 2.40. The Morgan fingerprint density at radius 1 is 0.615 bits per heavy atom. The summed E-state index contributed by atoms with van der Waals surface area (Å²) in [6.45, 7) is 1.00. The normalized spacial score (nSPS) is 14.9. The summed E-state index contributed by atoms with van der Waals surface area (Å²) in [4.78, 5) is 9.91. The lowest BCUT2D eigenvalue weighted by molar-refractivity contribution is 0.477. The Morgan fingerprint density at radius 2 is 1.37 bits per heavy atom. The van der Waals surface area contributed by atoms with Gasteiger partial charge in [-0.15, -0.1) is 0 Å². The molecule has 0 atom stereocenters. The number of aromatic hydroxyl groups is 1. The van der Waals surface area contributed by atoms with E-state index in [-0.39, 0.29) is 22.3 Å². The molecule has 8 rings (SSSR count). The van der Waals surface area contributed by atoms with E-state index in [1.165, 1.54) is 6.20 Å². The maximum absolute atomic E-state index is 11.3. The first-order valence-corrected chi connectivity index (χ1v) is 17.0. The first kappa shape index (κ1) is 23.3. The Balaban J connectivity index is 1.37. The molecule has 254 valence electrons. The molecule has 0 fully saturated rings. The lowest BCUT2D eigenvalue weighted by Gasteiger charge is -2.22. The van der Waals surface area contributed by atoms with Gasteiger partial charge in [0.1, 0.15) is 11.6 Å². The second-order valence-corrected chi connectivity index (χ2v) is 13.8. The molecule has 8 aromatic rings. The van der Waals surface area contributed by atoms with Gasteiger partial charge in [0.2, 0.25) is 0 Å². The Morgan fingerprint density at radius 3 is 2.13 bits per heavy atom. The van der Waals surface area contributed by atoms with E-state index in [4.69, 9.17) is 18.7 Å². The lowest BCUT2D eigenvalue weighted by atomic mass is 9.83. The number of phenolic OH excluding ortho intramolecular Hbond substituents is 1. The number of hydrogen-bond donors (Lipinski definition) is 1. The highest BCUT2D eigenvalue weighted by Gasteiger charge is 2.22. The molecule has 52 heavy (non-hydrogen) atoms. The van der Waals surface area contributed by atoms with Gasteiger partial charge in [-0.1, -0.05) is 117 Å². The number of imidazole rings is 1. The number of para-hydroxylation sites is 2. The molecule has 0 aliphatic heterocycles. The van der Waals surface area contributed by atoms with Crippen molar-refractivity contribution >= 4 is 11.0 Å². The van der Waals surface area contributed by atoms with E-state index in [1.807, 2.05) is 71.3 Å². The number of nitrogens with zero attached hydrogens (tertiary/aromatic N) is 3. The molecule has 1 N–H and O–H groups in total. The van der Waals surface area contributed by atoms with Crippen molar-refractivity contribution < 1.29 is 18.8 Å². The fourth-order valence-electron chi connectivity index (χ4n) is 6.54. The summed E-state index contributed by atoms with van der Waals surface area (Å²) in [6, 6.07) is 34.6. The van der Waals surface area contributed by atoms with Crippen LogP contribution in [0.2, 0.25) is 0 Å². The van der Waals surface area contributed by atoms with Gasteiger partial charge in [0.25, 0.3) is 0 Å². The van der Waals surface area contributed by atoms with Crippen LogP contribution in [0.15, 0.2) is 152 Å². The van der Waals surface area contributed by atoms with Crippen LogP contribution in [0.3, 0.4) is 0 Å². The van der Waals surface area contributed by atoms with Crippen LogP contribution in [0.25, 0.3) is 72.7 Å². The number of rotatable bonds is 6. The van der Waals surface area contributed by atoms with Crippen molar-refractivity contribution in [2.45, 2.75) is 39.9 Å². The second kappa shape index (κ2) is 13.1. The van der Waals surface area contributed by atoms with Gasteiger partial charge in [-0.2, -0.15) is 0 Å². The molecular weight excluding hydrogens is 635 g/mol. The van der Waals surface area contributed by atoms with Gasteiger partial charge in [-0.3, -0.25) is 9.55 Å². The Hall–Kier alpha value is -6.26. The average Bonchev–Trinajstić information content (AvgIpc) is 3.62. The minimum atomic E-state index is -2.83. The average molecular weight is 686 g/mol. The van der Waals surface area contributed by atoms with Crippen LogP contribution in [0.1, 0.15) is 51.2 Å². The van der Waals surface area contributed by atoms with Gasteiger partial charge in [-0.25, -0.2) is 4.98 Å². The van der Waals surface area contributed by atoms with E-state index in [1.54, 1.807) is 48.5 Å². The molecular formula is C48H41N3O. The van der Waals surface area contributed by atoms with Crippen LogP contribution in [-0.2, 0) is 5.41 Å². The molecule has 0 saturated carbocycles. The van der Waals surface area contributed by atoms with Crippen molar-refractivity contribution in [3.8, 4) is 67.5 Å². The fraction of sp³-hybridized carbons (Fsp3) is 0.125. The molecule has 6 aromatic carbocycles. The summed E-state index contributed by atoms with van der Waals surface area (Å²) in [6.07, 6.45) is 1.52. The third kappa shape index (κ3) is 6.29. The standard InChI is InChI=1S/C48H41N3O/c1-31-18-20-34(21-19-31)35-22-23-49-43(30-35)38-26-37(27-39(28-38)48(3,4)5)41-15-11-16-44-46(41)50-47(42-14-9-10-17-45(42)52)51(44)40-25-32(2)24-36(29-40)33-12-7-6-8-13-33/h6-30,52H,1-5H3/i1D3,2D3,18D,19D,20D,21D. The smallest absolute Gasteiger partial charge is 0.149 e. The van der Waals surface area contributed by atoms with Crippen molar-refractivity contribution in [1.29, 1.82) is 0 Å². The van der Waals surface area contributed by atoms with Crippen molar-refractivity contribution in [3.63, 3.8) is 0 Å². The number of aryl methyl sites for hydroxylation is 1. The topological polar surface area (TPSA) is 50.9 Å². The first-order valence-electron chi connectivity index (χ1n) is 22.0. The van der Waals surface area contributed by atoms with Crippen molar-refractivity contribution in [2.75, 3.05) is 0 Å². The first-order chi connectivity index (χ1) is 29.2. The number of benzene rings is 6. The molecule has 2 heterocycles. The van der Waals surface area contributed by atoms with Crippen LogP contribution in [0.5, 0.6) is 5.75 Å². The van der Waals surface area contributed by atoms with Crippen LogP contribution >= 0.6 is 0 Å². The third-order valence-electron chi connectivity index (χ3n) is 9.19. The van der Waals surface area contributed by atoms with Crippen molar-refractivity contribution in [2.24, 2.45) is 0 Å². The molecule has 0 aliphatic carbocycles. The van der Waals surface area contributed by atoms with Gasteiger partial charge in [0.15, 0.2) is 0 Å². The van der Waals surface area contributed by atoms with E-state index in [0.29, 0.717) is 50.5 Å². The summed E-state index contributed by atoms with van der Waals surface area (Å²) in [7, 11) is 0. The van der Waals surface area contributed by atoms with Crippen LogP contribution in [0, 0.1) is 13.7 Å². The van der Waals surface area contributed by atoms with Crippen LogP contribution in [-0.4, -0.2) is 19.6 Å². The summed E-state index contributed by atoms with van der Waals surface area (Å²) in [5, 5.41) is 11.3. The highest BCUT2D eigenvalue weighted by molar-refractivity contribution is 5.97. The molecule has 0 unspecified atom stereocenters. The summed E-state index contributed by atoms with van der Waals surface area (Å²) in [5.74, 6) is 0.400. The highest BCUT2D eigenvalue weighted by atomic mass is 16.3. The molecule has 0 aliphatic rings. The van der Waals surface area contributed by atoms with Gasteiger partial charge in [-0.05, 0) is 113 Å². The van der Waals surface area contributed by atoms with Gasteiger partial charge in [0, 0.05) is 31.2 Å².